The maximum Gasteiger partial charge on any atom is 0.488 e. The van der Waals surface area contributed by atoms with Gasteiger partial charge in [-0.15, -0.1) is 0 Å². The van der Waals surface area contributed by atoms with E-state index in [2.05, 4.69) is 4.98 Å². The summed E-state index contributed by atoms with van der Waals surface area (Å²) < 4.78 is 1.92. The number of aromatic nitrogens is 2. The van der Waals surface area contributed by atoms with E-state index in [1.165, 1.54) is 18.4 Å². The molecule has 1 saturated carbocycles. The van der Waals surface area contributed by atoms with Crippen molar-refractivity contribution in [3.63, 3.8) is 0 Å². The summed E-state index contributed by atoms with van der Waals surface area (Å²) >= 11 is 0. The van der Waals surface area contributed by atoms with Gasteiger partial charge in [0.05, 0.1) is 6.33 Å². The first-order valence-electron chi connectivity index (χ1n) is 5.74. The first-order chi connectivity index (χ1) is 8.25. The molecule has 4 nitrogen and oxygen atoms in total. The highest BCUT2D eigenvalue weighted by Gasteiger charge is 2.27. The SMILES string of the molecule is OB(O)c1ccc(C2CC2)c(-n2ccnc2)c1. The summed E-state index contributed by atoms with van der Waals surface area (Å²) in [6, 6.07) is 5.58. The van der Waals surface area contributed by atoms with E-state index in [1.54, 1.807) is 18.6 Å². The zero-order chi connectivity index (χ0) is 11.8. The van der Waals surface area contributed by atoms with Gasteiger partial charge in [-0.3, -0.25) is 0 Å². The van der Waals surface area contributed by atoms with Gasteiger partial charge in [0.15, 0.2) is 0 Å². The second kappa shape index (κ2) is 4.02. The molecule has 1 fully saturated rings. The quantitative estimate of drug-likeness (QED) is 0.749. The van der Waals surface area contributed by atoms with Crippen LogP contribution in [0.5, 0.6) is 0 Å². The maximum atomic E-state index is 9.22. The van der Waals surface area contributed by atoms with Gasteiger partial charge in [0.25, 0.3) is 0 Å². The van der Waals surface area contributed by atoms with Gasteiger partial charge in [-0.2, -0.15) is 0 Å². The second-order valence-electron chi connectivity index (χ2n) is 4.44. The average molecular weight is 228 g/mol. The van der Waals surface area contributed by atoms with Gasteiger partial charge in [-0.1, -0.05) is 12.1 Å². The van der Waals surface area contributed by atoms with Crippen molar-refractivity contribution in [3.05, 3.63) is 42.5 Å². The van der Waals surface area contributed by atoms with E-state index in [9.17, 15) is 10.0 Å². The van der Waals surface area contributed by atoms with Crippen LogP contribution in [0.25, 0.3) is 5.69 Å². The molecule has 5 heteroatoms. The number of hydrogen-bond acceptors (Lipinski definition) is 3. The molecular formula is C12H13BN2O2. The standard InChI is InChI=1S/C12H13BN2O2/c16-13(17)10-3-4-11(9-1-2-9)12(7-10)15-6-5-14-8-15/h3-9,16-17H,1-2H2. The molecule has 0 saturated heterocycles. The van der Waals surface area contributed by atoms with Gasteiger partial charge in [-0.05, 0) is 35.9 Å². The molecule has 3 rings (SSSR count). The Morgan fingerprint density at radius 1 is 1.29 bits per heavy atom. The zero-order valence-electron chi connectivity index (χ0n) is 9.32. The minimum atomic E-state index is -1.43. The van der Waals surface area contributed by atoms with Crippen LogP contribution < -0.4 is 5.46 Å². The highest BCUT2D eigenvalue weighted by molar-refractivity contribution is 6.58. The summed E-state index contributed by atoms with van der Waals surface area (Å²) in [6.45, 7) is 0. The zero-order valence-corrected chi connectivity index (χ0v) is 9.32. The van der Waals surface area contributed by atoms with Crippen molar-refractivity contribution in [1.82, 2.24) is 9.55 Å². The minimum absolute atomic E-state index is 0.512. The summed E-state index contributed by atoms with van der Waals surface area (Å²) in [7, 11) is -1.43. The van der Waals surface area contributed by atoms with Crippen LogP contribution in [0.1, 0.15) is 24.3 Å². The molecule has 2 N–H and O–H groups in total. The topological polar surface area (TPSA) is 58.3 Å². The lowest BCUT2D eigenvalue weighted by Gasteiger charge is -2.11. The molecule has 17 heavy (non-hydrogen) atoms. The molecule has 1 aromatic heterocycles. The Labute approximate surface area is 99.7 Å². The Bertz CT molecular complexity index is 521. The summed E-state index contributed by atoms with van der Waals surface area (Å²) in [5.41, 5.74) is 2.76. The fourth-order valence-corrected chi connectivity index (χ4v) is 2.09. The molecule has 86 valence electrons. The van der Waals surface area contributed by atoms with Crippen LogP contribution in [0.4, 0.5) is 0 Å². The van der Waals surface area contributed by atoms with Crippen molar-refractivity contribution in [3.8, 4) is 5.69 Å². The third-order valence-corrected chi connectivity index (χ3v) is 3.15. The number of hydrogen-bond donors (Lipinski definition) is 2. The predicted molar refractivity (Wildman–Crippen MR) is 65.4 cm³/mol. The highest BCUT2D eigenvalue weighted by Crippen LogP contribution is 2.42. The molecule has 0 bridgehead atoms. The smallest absolute Gasteiger partial charge is 0.423 e. The van der Waals surface area contributed by atoms with E-state index in [-0.39, 0.29) is 0 Å². The summed E-state index contributed by atoms with van der Waals surface area (Å²) in [4.78, 5) is 4.03. The van der Waals surface area contributed by atoms with Gasteiger partial charge in [0.1, 0.15) is 0 Å². The van der Waals surface area contributed by atoms with Crippen molar-refractivity contribution in [2.75, 3.05) is 0 Å². The van der Waals surface area contributed by atoms with Gasteiger partial charge in [-0.25, -0.2) is 4.98 Å². The molecule has 0 atom stereocenters. The molecule has 0 spiro atoms. The highest BCUT2D eigenvalue weighted by atomic mass is 16.4. The fraction of sp³-hybridized carbons (Fsp3) is 0.250. The number of rotatable bonds is 3. The molecule has 1 heterocycles. The average Bonchev–Trinajstić information content (AvgIpc) is 3.03. The van der Waals surface area contributed by atoms with Crippen LogP contribution in [0.15, 0.2) is 36.9 Å². The normalized spacial score (nSPS) is 14.9. The van der Waals surface area contributed by atoms with E-state index >= 15 is 0 Å². The van der Waals surface area contributed by atoms with Gasteiger partial charge in [0, 0.05) is 18.1 Å². The Kier molecular flexibility index (Phi) is 2.50. The second-order valence-corrected chi connectivity index (χ2v) is 4.44. The Hall–Kier alpha value is -1.59. The van der Waals surface area contributed by atoms with E-state index in [0.717, 1.165) is 5.69 Å². The molecular weight excluding hydrogens is 215 g/mol. The third-order valence-electron chi connectivity index (χ3n) is 3.15. The third kappa shape index (κ3) is 1.99. The molecule has 0 aliphatic heterocycles. The van der Waals surface area contributed by atoms with Crippen molar-refractivity contribution in [2.24, 2.45) is 0 Å². The molecule has 2 aromatic rings. The van der Waals surface area contributed by atoms with Crippen LogP contribution in [0.3, 0.4) is 0 Å². The van der Waals surface area contributed by atoms with Crippen molar-refractivity contribution >= 4 is 12.6 Å². The van der Waals surface area contributed by atoms with Crippen molar-refractivity contribution in [1.29, 1.82) is 0 Å². The van der Waals surface area contributed by atoms with Gasteiger partial charge in [0.2, 0.25) is 0 Å². The first-order valence-corrected chi connectivity index (χ1v) is 5.74. The van der Waals surface area contributed by atoms with Crippen LogP contribution in [0.2, 0.25) is 0 Å². The monoisotopic (exact) mass is 228 g/mol. The van der Waals surface area contributed by atoms with E-state index < -0.39 is 7.12 Å². The van der Waals surface area contributed by atoms with Crippen LogP contribution >= 0.6 is 0 Å². The fourth-order valence-electron chi connectivity index (χ4n) is 2.09. The van der Waals surface area contributed by atoms with E-state index in [4.69, 9.17) is 0 Å². The Balaban J connectivity index is 2.11. The van der Waals surface area contributed by atoms with Crippen molar-refractivity contribution in [2.45, 2.75) is 18.8 Å². The maximum absolute atomic E-state index is 9.22. The van der Waals surface area contributed by atoms with Crippen LogP contribution in [0, 0.1) is 0 Å². The molecule has 1 aliphatic carbocycles. The predicted octanol–water partition coefficient (Wildman–Crippen LogP) is 0.429. The summed E-state index contributed by atoms with van der Waals surface area (Å²) in [5, 5.41) is 18.4. The summed E-state index contributed by atoms with van der Waals surface area (Å²) in [6.07, 6.45) is 7.74. The number of imidazole rings is 1. The number of nitrogens with zero attached hydrogens (tertiary/aromatic N) is 2. The molecule has 0 radical (unpaired) electrons. The van der Waals surface area contributed by atoms with Crippen LogP contribution in [-0.4, -0.2) is 26.7 Å². The molecule has 0 unspecified atom stereocenters. The van der Waals surface area contributed by atoms with E-state index in [1.807, 2.05) is 22.9 Å². The lowest BCUT2D eigenvalue weighted by Crippen LogP contribution is -2.30. The van der Waals surface area contributed by atoms with Crippen molar-refractivity contribution < 1.29 is 10.0 Å². The molecule has 1 aromatic carbocycles. The molecule has 0 amide bonds. The van der Waals surface area contributed by atoms with Crippen LogP contribution in [-0.2, 0) is 0 Å². The van der Waals surface area contributed by atoms with Gasteiger partial charge >= 0.3 is 7.12 Å². The Morgan fingerprint density at radius 3 is 2.71 bits per heavy atom. The summed E-state index contributed by atoms with van der Waals surface area (Å²) in [5.74, 6) is 0.609. The van der Waals surface area contributed by atoms with Gasteiger partial charge < -0.3 is 14.6 Å². The first kappa shape index (κ1) is 10.6. The Morgan fingerprint density at radius 2 is 2.12 bits per heavy atom. The lowest BCUT2D eigenvalue weighted by molar-refractivity contribution is 0.425. The largest absolute Gasteiger partial charge is 0.488 e. The van der Waals surface area contributed by atoms with E-state index in [0.29, 0.717) is 11.4 Å². The number of benzene rings is 1. The lowest BCUT2D eigenvalue weighted by atomic mass is 9.79. The minimum Gasteiger partial charge on any atom is -0.423 e. The molecule has 1 aliphatic rings.